The highest BCUT2D eigenvalue weighted by Crippen LogP contribution is 2.46. The zero-order valence-electron chi connectivity index (χ0n) is 21.7. The first-order chi connectivity index (χ1) is 18.0. The number of nitrogens with zero attached hydrogens (tertiary/aromatic N) is 1. The summed E-state index contributed by atoms with van der Waals surface area (Å²) in [6.45, 7) is 1.98. The van der Waals surface area contributed by atoms with Crippen molar-refractivity contribution in [2.24, 2.45) is 0 Å². The fraction of sp³-hybridized carbons (Fsp3) is 0.355. The molecule has 2 aliphatic rings. The molecule has 37 heavy (non-hydrogen) atoms. The number of hydrogen-bond donors (Lipinski definition) is 1. The molecule has 3 aromatic carbocycles. The molecular formula is C31H34N2O4. The molecule has 0 saturated heterocycles. The van der Waals surface area contributed by atoms with Gasteiger partial charge in [-0.1, -0.05) is 55.7 Å². The summed E-state index contributed by atoms with van der Waals surface area (Å²) in [5.74, 6) is 0.589. The molecule has 0 bridgehead atoms. The Labute approximate surface area is 218 Å². The first-order valence-corrected chi connectivity index (χ1v) is 13.0. The second-order valence-corrected chi connectivity index (χ2v) is 9.98. The van der Waals surface area contributed by atoms with Gasteiger partial charge >= 0.3 is 0 Å². The van der Waals surface area contributed by atoms with Gasteiger partial charge in [-0.05, 0) is 66.8 Å². The Balaban J connectivity index is 1.64. The minimum Gasteiger partial charge on any atom is -0.497 e. The summed E-state index contributed by atoms with van der Waals surface area (Å²) < 4.78 is 10.9. The van der Waals surface area contributed by atoms with E-state index in [1.807, 2.05) is 78.6 Å². The zero-order chi connectivity index (χ0) is 25.9. The number of fused-ring (bicyclic) bond motifs is 1. The number of amides is 2. The Kier molecular flexibility index (Phi) is 7.17. The van der Waals surface area contributed by atoms with Gasteiger partial charge in [-0.2, -0.15) is 0 Å². The fourth-order valence-electron chi connectivity index (χ4n) is 5.88. The van der Waals surface area contributed by atoms with E-state index in [9.17, 15) is 9.59 Å². The number of carbonyl (C=O) groups excluding carboxylic acids is 2. The van der Waals surface area contributed by atoms with Crippen LogP contribution in [0.3, 0.4) is 0 Å². The highest BCUT2D eigenvalue weighted by molar-refractivity contribution is 6.05. The molecule has 5 rings (SSSR count). The van der Waals surface area contributed by atoms with Crippen LogP contribution in [-0.2, 0) is 4.79 Å². The van der Waals surface area contributed by atoms with Crippen LogP contribution in [-0.4, -0.2) is 37.0 Å². The lowest BCUT2D eigenvalue weighted by atomic mass is 9.77. The molecule has 1 saturated carbocycles. The van der Waals surface area contributed by atoms with Crippen molar-refractivity contribution in [2.45, 2.75) is 57.0 Å². The van der Waals surface area contributed by atoms with Crippen molar-refractivity contribution in [3.8, 4) is 11.5 Å². The van der Waals surface area contributed by atoms with Crippen LogP contribution in [0.25, 0.3) is 0 Å². The summed E-state index contributed by atoms with van der Waals surface area (Å²) in [6.07, 6.45) is 5.24. The molecule has 2 amide bonds. The Hall–Kier alpha value is -3.80. The number of nitrogens with one attached hydrogen (secondary N) is 1. The average molecular weight is 499 g/mol. The molecule has 1 heterocycles. The highest BCUT2D eigenvalue weighted by Gasteiger charge is 2.46. The highest BCUT2D eigenvalue weighted by atomic mass is 16.5. The summed E-state index contributed by atoms with van der Waals surface area (Å²) in [6, 6.07) is 20.7. The third kappa shape index (κ3) is 4.80. The van der Waals surface area contributed by atoms with Crippen LogP contribution in [0.15, 0.2) is 66.7 Å². The molecule has 6 nitrogen and oxygen atoms in total. The maximum Gasteiger partial charge on any atom is 0.254 e. The summed E-state index contributed by atoms with van der Waals surface area (Å²) in [5, 5.41) is 3.15. The van der Waals surface area contributed by atoms with Crippen molar-refractivity contribution in [1.29, 1.82) is 0 Å². The second-order valence-electron chi connectivity index (χ2n) is 9.98. The van der Waals surface area contributed by atoms with E-state index in [2.05, 4.69) is 5.32 Å². The molecule has 0 unspecified atom stereocenters. The Morgan fingerprint density at radius 2 is 1.65 bits per heavy atom. The summed E-state index contributed by atoms with van der Waals surface area (Å²) in [7, 11) is 3.23. The lowest BCUT2D eigenvalue weighted by molar-refractivity contribution is -0.119. The van der Waals surface area contributed by atoms with Crippen molar-refractivity contribution < 1.29 is 19.1 Å². The third-order valence-electron chi connectivity index (χ3n) is 7.70. The predicted molar refractivity (Wildman–Crippen MR) is 144 cm³/mol. The molecule has 1 aliphatic heterocycles. The van der Waals surface area contributed by atoms with E-state index < -0.39 is 12.0 Å². The summed E-state index contributed by atoms with van der Waals surface area (Å²) in [4.78, 5) is 30.3. The van der Waals surface area contributed by atoms with Crippen molar-refractivity contribution in [1.82, 2.24) is 4.90 Å². The van der Waals surface area contributed by atoms with Gasteiger partial charge in [0.15, 0.2) is 0 Å². The zero-order valence-corrected chi connectivity index (χ0v) is 21.7. The number of carbonyl (C=O) groups is 2. The molecule has 0 aromatic heterocycles. The van der Waals surface area contributed by atoms with Crippen LogP contribution in [0, 0.1) is 6.92 Å². The molecule has 2 atom stereocenters. The molecule has 3 aromatic rings. The van der Waals surface area contributed by atoms with Crippen LogP contribution < -0.4 is 14.8 Å². The van der Waals surface area contributed by atoms with Crippen molar-refractivity contribution in [2.75, 3.05) is 19.5 Å². The van der Waals surface area contributed by atoms with Gasteiger partial charge < -0.3 is 19.7 Å². The lowest BCUT2D eigenvalue weighted by Crippen LogP contribution is -2.51. The minimum absolute atomic E-state index is 0.000467. The van der Waals surface area contributed by atoms with E-state index >= 15 is 0 Å². The average Bonchev–Trinajstić information content (AvgIpc) is 2.93. The monoisotopic (exact) mass is 498 g/mol. The maximum absolute atomic E-state index is 14.2. The van der Waals surface area contributed by atoms with Crippen LogP contribution in [0.1, 0.15) is 71.1 Å². The maximum atomic E-state index is 14.2. The molecule has 1 N–H and O–H groups in total. The van der Waals surface area contributed by atoms with Crippen LogP contribution in [0.2, 0.25) is 0 Å². The predicted octanol–water partition coefficient (Wildman–Crippen LogP) is 6.26. The quantitative estimate of drug-likeness (QED) is 0.435. The van der Waals surface area contributed by atoms with Gasteiger partial charge in [0.2, 0.25) is 5.91 Å². The molecule has 1 aliphatic carbocycles. The largest absolute Gasteiger partial charge is 0.497 e. The third-order valence-corrected chi connectivity index (χ3v) is 7.70. The topological polar surface area (TPSA) is 67.9 Å². The van der Waals surface area contributed by atoms with E-state index in [-0.39, 0.29) is 17.9 Å². The smallest absolute Gasteiger partial charge is 0.254 e. The summed E-state index contributed by atoms with van der Waals surface area (Å²) >= 11 is 0. The second kappa shape index (κ2) is 10.7. The van der Waals surface area contributed by atoms with E-state index in [1.165, 1.54) is 6.42 Å². The molecule has 192 valence electrons. The fourth-order valence-corrected chi connectivity index (χ4v) is 5.88. The molecule has 6 heteroatoms. The first kappa shape index (κ1) is 24.9. The number of anilines is 1. The molecule has 0 radical (unpaired) electrons. The van der Waals surface area contributed by atoms with Gasteiger partial charge in [-0.25, -0.2) is 0 Å². The normalized spacial score (nSPS) is 19.8. The van der Waals surface area contributed by atoms with Gasteiger partial charge in [0.25, 0.3) is 5.91 Å². The first-order valence-electron chi connectivity index (χ1n) is 13.0. The van der Waals surface area contributed by atoms with Crippen molar-refractivity contribution in [3.05, 3.63) is 89.0 Å². The van der Waals surface area contributed by atoms with E-state index in [0.717, 1.165) is 48.1 Å². The molecule has 0 spiro atoms. The SMILES string of the molecule is COc1ccc([C@H]2[C@H](C(=O)Nc3cc(C)ccc3OC)c3ccccc3C(=O)N2C2CCCCC2)cc1. The number of methoxy groups -OCH3 is 2. The lowest BCUT2D eigenvalue weighted by Gasteiger charge is -2.46. The van der Waals surface area contributed by atoms with Gasteiger partial charge in [-0.15, -0.1) is 0 Å². The van der Waals surface area contributed by atoms with Crippen molar-refractivity contribution >= 4 is 17.5 Å². The number of hydrogen-bond acceptors (Lipinski definition) is 4. The van der Waals surface area contributed by atoms with E-state index in [1.54, 1.807) is 14.2 Å². The molecule has 1 fully saturated rings. The molecular weight excluding hydrogens is 464 g/mol. The Morgan fingerprint density at radius 3 is 2.35 bits per heavy atom. The van der Waals surface area contributed by atoms with E-state index in [0.29, 0.717) is 17.0 Å². The van der Waals surface area contributed by atoms with Gasteiger partial charge in [0.05, 0.1) is 31.9 Å². The standard InChI is InChI=1S/C31H34N2O4/c1-20-13-18-27(37-3)26(19-20)32-30(34)28-24-11-7-8-12-25(24)31(35)33(22-9-5-4-6-10-22)29(28)21-14-16-23(36-2)17-15-21/h7-8,11-19,22,28-29H,4-6,9-10H2,1-3H3,(H,32,34)/t28-,29+/m1/s1. The Morgan fingerprint density at radius 1 is 0.919 bits per heavy atom. The van der Waals surface area contributed by atoms with Gasteiger partial charge in [-0.3, -0.25) is 9.59 Å². The van der Waals surface area contributed by atoms with Gasteiger partial charge in [0, 0.05) is 11.6 Å². The number of aryl methyl sites for hydroxylation is 1. The van der Waals surface area contributed by atoms with Gasteiger partial charge in [0.1, 0.15) is 11.5 Å². The number of ether oxygens (including phenoxy) is 2. The van der Waals surface area contributed by atoms with Crippen LogP contribution in [0.5, 0.6) is 11.5 Å². The summed E-state index contributed by atoms with van der Waals surface area (Å²) in [5.41, 5.74) is 3.93. The minimum atomic E-state index is -0.588. The Bertz CT molecular complexity index is 1280. The van der Waals surface area contributed by atoms with E-state index in [4.69, 9.17) is 9.47 Å². The van der Waals surface area contributed by atoms with Crippen LogP contribution in [0.4, 0.5) is 5.69 Å². The number of rotatable bonds is 6. The van der Waals surface area contributed by atoms with Crippen molar-refractivity contribution in [3.63, 3.8) is 0 Å². The number of benzene rings is 3. The van der Waals surface area contributed by atoms with Crippen LogP contribution >= 0.6 is 0 Å².